The van der Waals surface area contributed by atoms with Crippen molar-refractivity contribution in [3.05, 3.63) is 71.8 Å². The minimum atomic E-state index is -1.35. The molecule has 7 atom stereocenters. The molecule has 0 saturated heterocycles. The molecule has 0 heterocycles. The third kappa shape index (κ3) is 17.6. The average Bonchev–Trinajstić information content (AvgIpc) is 3.80. The Morgan fingerprint density at radius 2 is 1.23 bits per heavy atom. The summed E-state index contributed by atoms with van der Waals surface area (Å²) in [6.45, 7) is 5.75. The third-order valence-corrected chi connectivity index (χ3v) is 12.4. The van der Waals surface area contributed by atoms with Gasteiger partial charge in [-0.3, -0.25) is 38.4 Å². The van der Waals surface area contributed by atoms with Crippen LogP contribution in [0.25, 0.3) is 0 Å². The number of Topliss-reactive ketones (excluding diaryl/α,β-unsaturated/α-hetero) is 3. The standard InChI is InChI=1S/C48H70N6O8/c1-4-31(2)39(45(51)59)28-43(57)41(29-44(50)58)54-47(61)36(22-12-7-15-23-49)27-42(56)40(25-34-18-10-6-11-19-34)53-48(62)37(24-33-16-8-5-9-17-33)26-38(55)30-52-46(60)32(3)35-20-13-14-21-35/h5-6,8-11,16-19,31-32,35-37,39-41H,4,7,12-15,20-30,49H2,1-3H3,(H2,50,58)(H2,51,59)(H,52,60)(H,53,62)(H,54,61)/t31?,32-,36+,37+,39-,40-,41-/m0/s1. The van der Waals surface area contributed by atoms with Crippen LogP contribution in [0.3, 0.4) is 0 Å². The fraction of sp³-hybridized carbons (Fsp3) is 0.583. The van der Waals surface area contributed by atoms with Gasteiger partial charge in [0.2, 0.25) is 29.5 Å². The predicted octanol–water partition coefficient (Wildman–Crippen LogP) is 4.04. The van der Waals surface area contributed by atoms with Gasteiger partial charge in [-0.2, -0.15) is 0 Å². The first kappa shape index (κ1) is 51.1. The van der Waals surface area contributed by atoms with Crippen LogP contribution in [-0.4, -0.2) is 72.1 Å². The number of primary amides is 2. The Hall–Kier alpha value is -5.24. The SMILES string of the molecule is CCC(C)[C@H](CC(=O)[C@H](CC(N)=O)NC(=O)[C@H](CCCCCN)CC(=O)[C@H](Cc1ccccc1)NC(=O)[C@@H](CC(=O)CNC(=O)[C@@H](C)C1CCCC1)Cc1ccccc1)C(N)=O. The minimum Gasteiger partial charge on any atom is -0.370 e. The van der Waals surface area contributed by atoms with Gasteiger partial charge >= 0.3 is 0 Å². The molecule has 0 aliphatic heterocycles. The highest BCUT2D eigenvalue weighted by Gasteiger charge is 2.35. The molecule has 1 saturated carbocycles. The smallest absolute Gasteiger partial charge is 0.224 e. The highest BCUT2D eigenvalue weighted by atomic mass is 16.2. The van der Waals surface area contributed by atoms with E-state index in [2.05, 4.69) is 16.0 Å². The molecule has 3 rings (SSSR count). The van der Waals surface area contributed by atoms with Crippen molar-refractivity contribution in [2.45, 2.75) is 129 Å². The number of hydrogen-bond donors (Lipinski definition) is 6. The first-order valence-electron chi connectivity index (χ1n) is 22.4. The number of nitrogens with one attached hydrogen (secondary N) is 3. The van der Waals surface area contributed by atoms with Crippen molar-refractivity contribution in [1.82, 2.24) is 16.0 Å². The van der Waals surface area contributed by atoms with Crippen LogP contribution in [0.4, 0.5) is 0 Å². The molecule has 9 N–H and O–H groups in total. The summed E-state index contributed by atoms with van der Waals surface area (Å²) in [5, 5.41) is 8.37. The van der Waals surface area contributed by atoms with Crippen molar-refractivity contribution in [3.63, 3.8) is 0 Å². The van der Waals surface area contributed by atoms with Crippen LogP contribution in [0.2, 0.25) is 0 Å². The normalized spacial score (nSPS) is 16.1. The molecule has 0 spiro atoms. The molecule has 1 unspecified atom stereocenters. The van der Waals surface area contributed by atoms with Crippen LogP contribution < -0.4 is 33.2 Å². The Bertz CT molecular complexity index is 1780. The van der Waals surface area contributed by atoms with Crippen LogP contribution >= 0.6 is 0 Å². The molecule has 0 radical (unpaired) electrons. The molecule has 14 nitrogen and oxygen atoms in total. The first-order chi connectivity index (χ1) is 29.6. The number of ketones is 3. The number of hydrogen-bond acceptors (Lipinski definition) is 9. The van der Waals surface area contributed by atoms with Gasteiger partial charge in [-0.1, -0.05) is 114 Å². The molecule has 0 bridgehead atoms. The molecular weight excluding hydrogens is 789 g/mol. The Morgan fingerprint density at radius 3 is 1.79 bits per heavy atom. The second kappa shape index (κ2) is 27.0. The van der Waals surface area contributed by atoms with Gasteiger partial charge < -0.3 is 33.2 Å². The van der Waals surface area contributed by atoms with Gasteiger partial charge in [-0.05, 0) is 68.0 Å². The van der Waals surface area contributed by atoms with E-state index in [1.165, 1.54) is 0 Å². The summed E-state index contributed by atoms with van der Waals surface area (Å²) >= 11 is 0. The van der Waals surface area contributed by atoms with E-state index in [-0.39, 0.29) is 74.5 Å². The second-order valence-corrected chi connectivity index (χ2v) is 17.2. The lowest BCUT2D eigenvalue weighted by atomic mass is 9.85. The quantitative estimate of drug-likeness (QED) is 0.0620. The Balaban J connectivity index is 1.87. The summed E-state index contributed by atoms with van der Waals surface area (Å²) < 4.78 is 0. The molecule has 2 aromatic rings. The van der Waals surface area contributed by atoms with E-state index in [0.717, 1.165) is 36.8 Å². The van der Waals surface area contributed by atoms with E-state index in [1.54, 1.807) is 6.92 Å². The van der Waals surface area contributed by atoms with Crippen molar-refractivity contribution in [3.8, 4) is 0 Å². The zero-order valence-corrected chi connectivity index (χ0v) is 36.9. The summed E-state index contributed by atoms with van der Waals surface area (Å²) in [6, 6.07) is 15.9. The van der Waals surface area contributed by atoms with Gasteiger partial charge in [0.25, 0.3) is 0 Å². The lowest BCUT2D eigenvalue weighted by Crippen LogP contribution is -2.49. The summed E-state index contributed by atoms with van der Waals surface area (Å²) in [4.78, 5) is 107. The molecule has 62 heavy (non-hydrogen) atoms. The molecule has 1 aliphatic carbocycles. The molecule has 1 fully saturated rings. The molecule has 14 heteroatoms. The number of rotatable bonds is 30. The minimum absolute atomic E-state index is 0.0982. The van der Waals surface area contributed by atoms with E-state index in [9.17, 15) is 38.4 Å². The summed E-state index contributed by atoms with van der Waals surface area (Å²) in [5.74, 6) is -7.03. The number of unbranched alkanes of at least 4 members (excludes halogenated alkanes) is 2. The monoisotopic (exact) mass is 859 g/mol. The highest BCUT2D eigenvalue weighted by Crippen LogP contribution is 2.31. The van der Waals surface area contributed by atoms with Gasteiger partial charge in [-0.15, -0.1) is 0 Å². The molecule has 2 aromatic carbocycles. The maximum absolute atomic E-state index is 14.4. The Kier molecular flexibility index (Phi) is 22.2. The molecule has 1 aliphatic rings. The zero-order valence-electron chi connectivity index (χ0n) is 36.9. The van der Waals surface area contributed by atoms with Crippen LogP contribution in [0.1, 0.15) is 115 Å². The molecule has 5 amide bonds. The van der Waals surface area contributed by atoms with E-state index in [4.69, 9.17) is 17.2 Å². The topological polar surface area (TPSA) is 251 Å². The lowest BCUT2D eigenvalue weighted by molar-refractivity contribution is -0.136. The fourth-order valence-corrected chi connectivity index (χ4v) is 8.29. The predicted molar refractivity (Wildman–Crippen MR) is 238 cm³/mol. The number of carbonyl (C=O) groups is 8. The van der Waals surface area contributed by atoms with Gasteiger partial charge in [0.15, 0.2) is 17.3 Å². The van der Waals surface area contributed by atoms with Gasteiger partial charge in [0.1, 0.15) is 0 Å². The van der Waals surface area contributed by atoms with Crippen LogP contribution in [0.5, 0.6) is 0 Å². The second-order valence-electron chi connectivity index (χ2n) is 17.2. The molecule has 340 valence electrons. The van der Waals surface area contributed by atoms with Crippen LogP contribution in [-0.2, 0) is 51.2 Å². The van der Waals surface area contributed by atoms with E-state index in [0.29, 0.717) is 32.2 Å². The van der Waals surface area contributed by atoms with Gasteiger partial charge in [0.05, 0.1) is 25.0 Å². The summed E-state index contributed by atoms with van der Waals surface area (Å²) in [6.07, 6.45) is 5.84. The highest BCUT2D eigenvalue weighted by molar-refractivity contribution is 5.98. The molecular formula is C48H70N6O8. The van der Waals surface area contributed by atoms with Crippen molar-refractivity contribution in [2.75, 3.05) is 13.1 Å². The maximum atomic E-state index is 14.4. The number of benzene rings is 2. The van der Waals surface area contributed by atoms with Crippen LogP contribution in [0, 0.1) is 35.5 Å². The third-order valence-electron chi connectivity index (χ3n) is 12.4. The van der Waals surface area contributed by atoms with Crippen LogP contribution in [0.15, 0.2) is 60.7 Å². The summed E-state index contributed by atoms with van der Waals surface area (Å²) in [7, 11) is 0. The van der Waals surface area contributed by atoms with Crippen molar-refractivity contribution < 1.29 is 38.4 Å². The van der Waals surface area contributed by atoms with Gasteiger partial charge in [0, 0.05) is 42.9 Å². The van der Waals surface area contributed by atoms with Crippen molar-refractivity contribution in [2.24, 2.45) is 52.7 Å². The van der Waals surface area contributed by atoms with E-state index >= 15 is 0 Å². The number of amides is 5. The Morgan fingerprint density at radius 1 is 0.661 bits per heavy atom. The average molecular weight is 859 g/mol. The summed E-state index contributed by atoms with van der Waals surface area (Å²) in [5.41, 5.74) is 18.4. The zero-order chi connectivity index (χ0) is 45.6. The van der Waals surface area contributed by atoms with E-state index < -0.39 is 71.5 Å². The Labute approximate surface area is 367 Å². The van der Waals surface area contributed by atoms with Crippen molar-refractivity contribution >= 4 is 46.9 Å². The maximum Gasteiger partial charge on any atom is 0.224 e. The molecule has 0 aromatic heterocycles. The fourth-order valence-electron chi connectivity index (χ4n) is 8.29. The lowest BCUT2D eigenvalue weighted by Gasteiger charge is -2.26. The first-order valence-corrected chi connectivity index (χ1v) is 22.4. The number of nitrogens with two attached hydrogens (primary N) is 3. The van der Waals surface area contributed by atoms with Gasteiger partial charge in [-0.25, -0.2) is 0 Å². The number of carbonyl (C=O) groups excluding carboxylic acids is 8. The van der Waals surface area contributed by atoms with E-state index in [1.807, 2.05) is 74.5 Å². The largest absolute Gasteiger partial charge is 0.370 e. The van der Waals surface area contributed by atoms with Crippen molar-refractivity contribution in [1.29, 1.82) is 0 Å².